The van der Waals surface area contributed by atoms with E-state index in [1.807, 2.05) is 18.2 Å². The maximum absolute atomic E-state index is 13.2. The fraction of sp³-hybridized carbons (Fsp3) is 0.734. The van der Waals surface area contributed by atoms with Crippen molar-refractivity contribution >= 4 is 5.91 Å². The van der Waals surface area contributed by atoms with E-state index < -0.39 is 86.8 Å². The quantitative estimate of drug-likeness (QED) is 0.0204. The highest BCUT2D eigenvalue weighted by atomic mass is 16.7. The van der Waals surface area contributed by atoms with Crippen molar-refractivity contribution in [3.05, 3.63) is 97.2 Å². The number of unbranched alkanes of at least 4 members (excludes halogenated alkanes) is 20. The van der Waals surface area contributed by atoms with Gasteiger partial charge >= 0.3 is 0 Å². The first kappa shape index (κ1) is 71.0. The SMILES string of the molecule is CC/C=C\C/C=C\C/C=C\C/C=C\C/C=C\C/C=C\CCC(=O)NC(COC1OC(CO)C(OC2OC(CO)C(O)C(O)C2O)C(O)C1O)C(O)/C=C/CC/C=C/CCCCCCCCCCCCCCCCCCCCC. The lowest BCUT2D eigenvalue weighted by Crippen LogP contribution is -2.65. The van der Waals surface area contributed by atoms with Crippen LogP contribution in [0.4, 0.5) is 0 Å². The van der Waals surface area contributed by atoms with Crippen LogP contribution < -0.4 is 5.32 Å². The van der Waals surface area contributed by atoms with Gasteiger partial charge in [0.1, 0.15) is 48.8 Å². The first-order valence-corrected chi connectivity index (χ1v) is 30.5. The number of rotatable bonds is 47. The van der Waals surface area contributed by atoms with Crippen LogP contribution in [0.1, 0.15) is 206 Å². The van der Waals surface area contributed by atoms with Gasteiger partial charge in [-0.1, -0.05) is 227 Å². The third-order valence-corrected chi connectivity index (χ3v) is 14.3. The Balaban J connectivity index is 1.80. The summed E-state index contributed by atoms with van der Waals surface area (Å²) in [5.41, 5.74) is 0. The number of aliphatic hydroxyl groups excluding tert-OH is 8. The summed E-state index contributed by atoms with van der Waals surface area (Å²) in [5, 5.41) is 87.0. The molecule has 2 heterocycles. The molecule has 2 saturated heterocycles. The standard InChI is InChI=1S/C64H109NO13/c1-3-5-7-9-11-13-15-17-19-21-23-24-25-26-27-28-30-31-33-35-37-39-41-43-45-47-53(68)52(65-56(69)48-46-44-42-40-38-36-34-32-29-22-20-18-16-14-12-10-8-6-4-2)51-75-63-61(74)59(72)62(55(50-67)77-63)78-64-60(73)58(71)57(70)54(49-66)76-64/h6,8,12,14,18,20,29,32,36-39,42,44-45,47,52-55,57-64,66-68,70-74H,3-5,7,9-11,13,15-17,19,21-28,30-31,33-35,40-41,43,46,48-51H2,1-2H3,(H,65,69)/b8-6-,14-12-,20-18-,32-29-,38-36-,39-37+,44-42-,47-45+. The number of carbonyl (C=O) groups excluding carboxylic acids is 1. The second-order valence-corrected chi connectivity index (χ2v) is 21.1. The van der Waals surface area contributed by atoms with Gasteiger partial charge in [0, 0.05) is 6.42 Å². The van der Waals surface area contributed by atoms with Gasteiger partial charge in [0.25, 0.3) is 0 Å². The van der Waals surface area contributed by atoms with Crippen molar-refractivity contribution in [1.29, 1.82) is 0 Å². The van der Waals surface area contributed by atoms with Gasteiger partial charge in [-0.25, -0.2) is 0 Å². The van der Waals surface area contributed by atoms with Crippen LogP contribution in [0, 0.1) is 0 Å². The van der Waals surface area contributed by atoms with Gasteiger partial charge in [-0.05, 0) is 70.6 Å². The number of allylic oxidation sites excluding steroid dienone is 15. The van der Waals surface area contributed by atoms with E-state index in [0.717, 1.165) is 51.4 Å². The molecule has 2 aliphatic heterocycles. The zero-order valence-electron chi connectivity index (χ0n) is 48.1. The van der Waals surface area contributed by atoms with Gasteiger partial charge in [0.05, 0.1) is 32.0 Å². The minimum absolute atomic E-state index is 0.143. The van der Waals surface area contributed by atoms with E-state index in [9.17, 15) is 45.6 Å². The molecule has 9 N–H and O–H groups in total. The van der Waals surface area contributed by atoms with Crippen LogP contribution in [0.25, 0.3) is 0 Å². The van der Waals surface area contributed by atoms with Crippen LogP contribution in [-0.4, -0.2) is 140 Å². The van der Waals surface area contributed by atoms with E-state index >= 15 is 0 Å². The molecular formula is C64H109NO13. The molecule has 2 fully saturated rings. The van der Waals surface area contributed by atoms with Gasteiger partial charge in [0.15, 0.2) is 12.6 Å². The molecule has 0 aliphatic carbocycles. The Hall–Kier alpha value is -3.09. The maximum Gasteiger partial charge on any atom is 0.220 e. The van der Waals surface area contributed by atoms with Crippen molar-refractivity contribution in [2.24, 2.45) is 0 Å². The maximum atomic E-state index is 13.2. The lowest BCUT2D eigenvalue weighted by molar-refractivity contribution is -0.359. The van der Waals surface area contributed by atoms with Gasteiger partial charge in [-0.3, -0.25) is 4.79 Å². The zero-order chi connectivity index (χ0) is 56.7. The predicted molar refractivity (Wildman–Crippen MR) is 313 cm³/mol. The van der Waals surface area contributed by atoms with E-state index in [1.165, 1.54) is 122 Å². The Morgan fingerprint density at radius 1 is 0.474 bits per heavy atom. The number of ether oxygens (including phenoxy) is 4. The van der Waals surface area contributed by atoms with Crippen molar-refractivity contribution in [3.63, 3.8) is 0 Å². The van der Waals surface area contributed by atoms with Crippen molar-refractivity contribution in [1.82, 2.24) is 5.32 Å². The lowest BCUT2D eigenvalue weighted by Gasteiger charge is -2.46. The van der Waals surface area contributed by atoms with Crippen LogP contribution in [0.5, 0.6) is 0 Å². The third kappa shape index (κ3) is 33.6. The van der Waals surface area contributed by atoms with Gasteiger partial charge < -0.3 is 65.1 Å². The molecule has 0 saturated carbocycles. The molecule has 12 unspecified atom stereocenters. The van der Waals surface area contributed by atoms with Gasteiger partial charge in [-0.2, -0.15) is 0 Å². The number of carbonyl (C=O) groups is 1. The first-order chi connectivity index (χ1) is 38.1. The Kier molecular flexibility index (Phi) is 44.3. The average Bonchev–Trinajstić information content (AvgIpc) is 3.48. The smallest absolute Gasteiger partial charge is 0.220 e. The van der Waals surface area contributed by atoms with Gasteiger partial charge in [-0.15, -0.1) is 0 Å². The molecular weight excluding hydrogens is 991 g/mol. The molecule has 14 nitrogen and oxygen atoms in total. The normalized spacial score (nSPS) is 25.3. The summed E-state index contributed by atoms with van der Waals surface area (Å²) in [5.74, 6) is -0.334. The lowest BCUT2D eigenvalue weighted by atomic mass is 9.97. The molecule has 1 amide bonds. The van der Waals surface area contributed by atoms with Crippen molar-refractivity contribution in [3.8, 4) is 0 Å². The number of hydrogen-bond donors (Lipinski definition) is 9. The van der Waals surface area contributed by atoms with Gasteiger partial charge in [0.2, 0.25) is 5.91 Å². The Morgan fingerprint density at radius 2 is 0.897 bits per heavy atom. The van der Waals surface area contributed by atoms with Crippen LogP contribution in [0.15, 0.2) is 97.2 Å². The monoisotopic (exact) mass is 1100 g/mol. The topological polar surface area (TPSA) is 228 Å². The fourth-order valence-electron chi connectivity index (χ4n) is 9.39. The number of aliphatic hydroxyl groups is 8. The van der Waals surface area contributed by atoms with Crippen LogP contribution in [-0.2, 0) is 23.7 Å². The second kappa shape index (κ2) is 48.6. The van der Waals surface area contributed by atoms with E-state index in [-0.39, 0.29) is 18.9 Å². The molecule has 0 aromatic rings. The predicted octanol–water partition coefficient (Wildman–Crippen LogP) is 10.7. The third-order valence-electron chi connectivity index (χ3n) is 14.3. The highest BCUT2D eigenvalue weighted by Crippen LogP contribution is 2.30. The molecule has 14 heteroatoms. The van der Waals surface area contributed by atoms with Crippen LogP contribution in [0.2, 0.25) is 0 Å². The Labute approximate surface area is 471 Å². The second-order valence-electron chi connectivity index (χ2n) is 21.1. The summed E-state index contributed by atoms with van der Waals surface area (Å²) in [4.78, 5) is 13.2. The Morgan fingerprint density at radius 3 is 1.40 bits per heavy atom. The summed E-state index contributed by atoms with van der Waals surface area (Å²) in [6, 6.07) is -0.979. The summed E-state index contributed by atoms with van der Waals surface area (Å²) < 4.78 is 22.7. The van der Waals surface area contributed by atoms with Crippen LogP contribution in [0.3, 0.4) is 0 Å². The van der Waals surface area contributed by atoms with Crippen molar-refractivity contribution < 1.29 is 64.6 Å². The average molecular weight is 1100 g/mol. The minimum Gasteiger partial charge on any atom is -0.394 e. The van der Waals surface area contributed by atoms with E-state index in [2.05, 4.69) is 92.1 Å². The van der Waals surface area contributed by atoms with E-state index in [4.69, 9.17) is 18.9 Å². The minimum atomic E-state index is -1.80. The fourth-order valence-corrected chi connectivity index (χ4v) is 9.39. The largest absolute Gasteiger partial charge is 0.394 e. The highest BCUT2D eigenvalue weighted by molar-refractivity contribution is 5.76. The van der Waals surface area contributed by atoms with Crippen molar-refractivity contribution in [2.75, 3.05) is 19.8 Å². The molecule has 0 aromatic carbocycles. The summed E-state index contributed by atoms with van der Waals surface area (Å²) in [6.45, 7) is 2.61. The molecule has 0 radical (unpaired) electrons. The number of amides is 1. The molecule has 12 atom stereocenters. The molecule has 0 bridgehead atoms. The Bertz CT molecular complexity index is 1680. The summed E-state index contributed by atoms with van der Waals surface area (Å²) in [7, 11) is 0. The number of hydrogen-bond acceptors (Lipinski definition) is 13. The molecule has 0 spiro atoms. The molecule has 448 valence electrons. The highest BCUT2D eigenvalue weighted by Gasteiger charge is 2.51. The molecule has 0 aromatic heterocycles. The van der Waals surface area contributed by atoms with Crippen LogP contribution >= 0.6 is 0 Å². The molecule has 78 heavy (non-hydrogen) atoms. The zero-order valence-corrected chi connectivity index (χ0v) is 48.1. The number of nitrogens with one attached hydrogen (secondary N) is 1. The van der Waals surface area contributed by atoms with E-state index in [1.54, 1.807) is 6.08 Å². The molecule has 2 rings (SSSR count). The summed E-state index contributed by atoms with van der Waals surface area (Å²) >= 11 is 0. The van der Waals surface area contributed by atoms with E-state index in [0.29, 0.717) is 12.8 Å². The summed E-state index contributed by atoms with van der Waals surface area (Å²) in [6.07, 6.45) is 50.4. The van der Waals surface area contributed by atoms with Crippen molar-refractivity contribution in [2.45, 2.75) is 280 Å². The first-order valence-electron chi connectivity index (χ1n) is 30.5. The molecule has 2 aliphatic rings.